The summed E-state index contributed by atoms with van der Waals surface area (Å²) in [5, 5.41) is 3.13. The standard InChI is InChI=1S/C46H24N8O3/c1-2-8-25(9-3-1)26-14-16-27(17-15-26)38-31-11-4-6-12-33(31)51-46(52-38)53-34-13-7-5-10-30(34)32-20-28(18-19-35(32)53)29-21-36-39-37(22-29)56-43-41-45(50-24-48-43)57-44-40(54(39)41)42(55-36)47-23-49-44/h1-24H. The van der Waals surface area contributed by atoms with Gasteiger partial charge in [0.1, 0.15) is 18.3 Å². The largest absolute Gasteiger partial charge is 0.434 e. The van der Waals surface area contributed by atoms with Crippen molar-refractivity contribution in [3.05, 3.63) is 146 Å². The smallest absolute Gasteiger partial charge is 0.252 e. The van der Waals surface area contributed by atoms with E-state index in [1.807, 2.05) is 41.3 Å². The number of aromatic nitrogens is 7. The summed E-state index contributed by atoms with van der Waals surface area (Å²) in [7, 11) is 0. The van der Waals surface area contributed by atoms with Crippen molar-refractivity contribution in [2.75, 3.05) is 4.90 Å². The van der Waals surface area contributed by atoms with Crippen LogP contribution in [0, 0.1) is 0 Å². The van der Waals surface area contributed by atoms with Crippen LogP contribution in [-0.2, 0) is 0 Å². The van der Waals surface area contributed by atoms with Gasteiger partial charge in [-0.1, -0.05) is 97.1 Å². The van der Waals surface area contributed by atoms with Gasteiger partial charge in [-0.25, -0.2) is 9.97 Å². The predicted octanol–water partition coefficient (Wildman–Crippen LogP) is 11.1. The van der Waals surface area contributed by atoms with Crippen LogP contribution in [0.5, 0.6) is 35.0 Å². The maximum atomic E-state index is 6.43. The lowest BCUT2D eigenvalue weighted by atomic mass is 10.00. The first-order chi connectivity index (χ1) is 28.2. The summed E-state index contributed by atoms with van der Waals surface area (Å²) in [6, 6.07) is 46.1. The fourth-order valence-electron chi connectivity index (χ4n) is 8.34. The second-order valence-corrected chi connectivity index (χ2v) is 14.0. The Hall–Kier alpha value is -8.18. The second-order valence-electron chi connectivity index (χ2n) is 14.0. The van der Waals surface area contributed by atoms with Gasteiger partial charge in [-0.2, -0.15) is 19.9 Å². The van der Waals surface area contributed by atoms with Gasteiger partial charge in [-0.3, -0.25) is 9.47 Å². The molecule has 3 aliphatic heterocycles. The van der Waals surface area contributed by atoms with Crippen LogP contribution < -0.4 is 19.1 Å². The van der Waals surface area contributed by atoms with Gasteiger partial charge in [0.25, 0.3) is 23.5 Å². The third kappa shape index (κ3) is 4.30. The lowest BCUT2D eigenvalue weighted by Gasteiger charge is -2.39. The summed E-state index contributed by atoms with van der Waals surface area (Å²) in [6.45, 7) is 0. The summed E-state index contributed by atoms with van der Waals surface area (Å²) < 4.78 is 21.0. The Morgan fingerprint density at radius 3 is 1.72 bits per heavy atom. The number of benzene rings is 6. The molecule has 6 aromatic carbocycles. The number of fused-ring (bicyclic) bond motifs is 4. The van der Waals surface area contributed by atoms with Crippen LogP contribution in [0.1, 0.15) is 0 Å². The number of hydrogen-bond donors (Lipinski definition) is 0. The lowest BCUT2D eigenvalue weighted by molar-refractivity contribution is 0.385. The molecule has 13 rings (SSSR count). The molecule has 0 amide bonds. The van der Waals surface area contributed by atoms with Gasteiger partial charge in [-0.05, 0) is 58.7 Å². The van der Waals surface area contributed by atoms with Crippen LogP contribution in [0.3, 0.4) is 0 Å². The highest BCUT2D eigenvalue weighted by atomic mass is 16.5. The van der Waals surface area contributed by atoms with Crippen molar-refractivity contribution in [3.63, 3.8) is 0 Å². The number of hydrogen-bond acceptors (Lipinski definition) is 10. The van der Waals surface area contributed by atoms with E-state index in [4.69, 9.17) is 24.2 Å². The molecule has 0 spiro atoms. The number of anilines is 3. The fourth-order valence-corrected chi connectivity index (χ4v) is 8.34. The molecular weight excluding hydrogens is 713 g/mol. The maximum Gasteiger partial charge on any atom is 0.252 e. The van der Waals surface area contributed by atoms with Crippen molar-refractivity contribution in [3.8, 4) is 74.5 Å². The van der Waals surface area contributed by atoms with Crippen molar-refractivity contribution in [2.45, 2.75) is 0 Å². The van der Waals surface area contributed by atoms with Crippen LogP contribution in [0.25, 0.3) is 72.2 Å². The second kappa shape index (κ2) is 11.2. The minimum atomic E-state index is 0.352. The third-order valence-electron chi connectivity index (χ3n) is 10.9. The molecule has 0 N–H and O–H groups in total. The van der Waals surface area contributed by atoms with Gasteiger partial charge in [-0.15, -0.1) is 0 Å². The summed E-state index contributed by atoms with van der Waals surface area (Å²) in [6.07, 6.45) is 2.84. The first kappa shape index (κ1) is 30.2. The maximum absolute atomic E-state index is 6.43. The van der Waals surface area contributed by atoms with Gasteiger partial charge in [0, 0.05) is 21.7 Å². The van der Waals surface area contributed by atoms with Gasteiger partial charge in [0.05, 0.1) is 22.2 Å². The summed E-state index contributed by atoms with van der Waals surface area (Å²) in [4.78, 5) is 30.1. The zero-order valence-corrected chi connectivity index (χ0v) is 29.7. The molecular formula is C46H24N8O3. The first-order valence-corrected chi connectivity index (χ1v) is 18.4. The molecule has 11 heteroatoms. The Morgan fingerprint density at radius 2 is 0.982 bits per heavy atom. The van der Waals surface area contributed by atoms with Gasteiger partial charge in [0.15, 0.2) is 22.9 Å². The van der Waals surface area contributed by atoms with Crippen LogP contribution in [0.2, 0.25) is 0 Å². The van der Waals surface area contributed by atoms with E-state index in [0.29, 0.717) is 58.0 Å². The molecule has 0 radical (unpaired) electrons. The monoisotopic (exact) mass is 736 g/mol. The summed E-state index contributed by atoms with van der Waals surface area (Å²) in [5.41, 5.74) is 10.8. The Labute approximate surface area is 323 Å². The average molecular weight is 737 g/mol. The van der Waals surface area contributed by atoms with Crippen LogP contribution in [0.4, 0.5) is 17.1 Å². The molecule has 3 aliphatic rings. The lowest BCUT2D eigenvalue weighted by Crippen LogP contribution is -2.25. The zero-order valence-electron chi connectivity index (χ0n) is 29.7. The van der Waals surface area contributed by atoms with Crippen molar-refractivity contribution in [2.24, 2.45) is 0 Å². The van der Waals surface area contributed by atoms with E-state index in [-0.39, 0.29) is 0 Å². The van der Waals surface area contributed by atoms with E-state index in [0.717, 1.165) is 60.7 Å². The van der Waals surface area contributed by atoms with E-state index in [2.05, 4.69) is 122 Å². The number of ether oxygens (including phenoxy) is 3. The van der Waals surface area contributed by atoms with Crippen LogP contribution in [0.15, 0.2) is 146 Å². The quantitative estimate of drug-likeness (QED) is 0.173. The van der Waals surface area contributed by atoms with Crippen LogP contribution in [-0.4, -0.2) is 34.5 Å². The van der Waals surface area contributed by atoms with Gasteiger partial charge >= 0.3 is 0 Å². The highest BCUT2D eigenvalue weighted by Crippen LogP contribution is 2.65. The normalized spacial score (nSPS) is 12.9. The van der Waals surface area contributed by atoms with Gasteiger partial charge in [0.2, 0.25) is 5.95 Å². The van der Waals surface area contributed by atoms with E-state index in [1.54, 1.807) is 0 Å². The Bertz CT molecular complexity index is 3270. The molecule has 0 bridgehead atoms. The summed E-state index contributed by atoms with van der Waals surface area (Å²) >= 11 is 0. The fraction of sp³-hybridized carbons (Fsp3) is 0. The van der Waals surface area contributed by atoms with Crippen molar-refractivity contribution in [1.29, 1.82) is 0 Å². The highest BCUT2D eigenvalue weighted by molar-refractivity contribution is 6.11. The molecule has 266 valence electrons. The van der Waals surface area contributed by atoms with E-state index in [9.17, 15) is 0 Å². The number of rotatable bonds is 4. The van der Waals surface area contributed by atoms with Crippen molar-refractivity contribution < 1.29 is 14.2 Å². The molecule has 0 unspecified atom stereocenters. The van der Waals surface area contributed by atoms with E-state index < -0.39 is 0 Å². The van der Waals surface area contributed by atoms with Crippen LogP contribution >= 0.6 is 0 Å². The molecule has 0 saturated carbocycles. The molecule has 0 saturated heterocycles. The van der Waals surface area contributed by atoms with E-state index in [1.165, 1.54) is 18.2 Å². The van der Waals surface area contributed by atoms with E-state index >= 15 is 0 Å². The molecule has 11 nitrogen and oxygen atoms in total. The molecule has 4 aromatic heterocycles. The molecule has 0 fully saturated rings. The number of para-hydroxylation sites is 2. The minimum Gasteiger partial charge on any atom is -0.434 e. The van der Waals surface area contributed by atoms with Crippen molar-refractivity contribution in [1.82, 2.24) is 34.5 Å². The molecule has 57 heavy (non-hydrogen) atoms. The first-order valence-electron chi connectivity index (χ1n) is 18.4. The highest BCUT2D eigenvalue weighted by Gasteiger charge is 2.44. The molecule has 0 aliphatic carbocycles. The SMILES string of the molecule is c1ccc(-c2ccc(-c3nc(-n4c5ccccc5c5cc(-c6cc7c8c(c6)Oc6ncnc9c6N8c6c(ncnc6O9)O7)ccc54)nc4ccccc34)cc2)cc1. The average Bonchev–Trinajstić information content (AvgIpc) is 3.60. The molecule has 10 aromatic rings. The Balaban J connectivity index is 0.967. The molecule has 0 atom stereocenters. The third-order valence-corrected chi connectivity index (χ3v) is 10.9. The zero-order chi connectivity index (χ0) is 37.2. The predicted molar refractivity (Wildman–Crippen MR) is 216 cm³/mol. The Morgan fingerprint density at radius 1 is 0.404 bits per heavy atom. The minimum absolute atomic E-state index is 0.352. The Kier molecular flexibility index (Phi) is 5.92. The number of nitrogens with zero attached hydrogens (tertiary/aromatic N) is 8. The van der Waals surface area contributed by atoms with Gasteiger partial charge < -0.3 is 14.2 Å². The summed E-state index contributed by atoms with van der Waals surface area (Å²) in [5.74, 6) is 3.21. The molecule has 7 heterocycles. The topological polar surface area (TPSA) is 113 Å². The van der Waals surface area contributed by atoms with Crippen molar-refractivity contribution >= 4 is 49.8 Å².